The van der Waals surface area contributed by atoms with E-state index < -0.39 is 11.9 Å². The van der Waals surface area contributed by atoms with Crippen molar-refractivity contribution in [1.29, 1.82) is 0 Å². The van der Waals surface area contributed by atoms with Gasteiger partial charge in [-0.25, -0.2) is 4.79 Å². The molecule has 15 heavy (non-hydrogen) atoms. The van der Waals surface area contributed by atoms with Crippen LogP contribution in [0.15, 0.2) is 11.3 Å². The molecule has 0 amide bonds. The number of rotatable bonds is 5. The molecule has 0 aromatic heterocycles. The molecule has 0 saturated heterocycles. The van der Waals surface area contributed by atoms with Gasteiger partial charge in [0.25, 0.3) is 0 Å². The maximum atomic E-state index is 11.1. The Morgan fingerprint density at radius 2 is 1.73 bits per heavy atom. The van der Waals surface area contributed by atoms with Gasteiger partial charge in [0.15, 0.2) is 0 Å². The normalized spacial score (nSPS) is 11.7. The molecule has 0 aliphatic heterocycles. The molecule has 5 nitrogen and oxygen atoms in total. The van der Waals surface area contributed by atoms with Crippen molar-refractivity contribution in [2.45, 2.75) is 33.6 Å². The fourth-order valence-corrected chi connectivity index (χ4v) is 0.910. The van der Waals surface area contributed by atoms with Gasteiger partial charge in [0, 0.05) is 6.42 Å². The van der Waals surface area contributed by atoms with Crippen molar-refractivity contribution in [2.24, 2.45) is 0 Å². The Morgan fingerprint density at radius 1 is 1.20 bits per heavy atom. The smallest absolute Gasteiger partial charge is 0.334 e. The number of carbonyl (C=O) groups excluding carboxylic acids is 2. The van der Waals surface area contributed by atoms with E-state index in [4.69, 9.17) is 9.84 Å². The van der Waals surface area contributed by atoms with Crippen LogP contribution in [0.2, 0.25) is 0 Å². The van der Waals surface area contributed by atoms with E-state index in [9.17, 15) is 14.4 Å². The zero-order valence-electron chi connectivity index (χ0n) is 8.99. The molecule has 0 aromatic carbocycles. The van der Waals surface area contributed by atoms with Gasteiger partial charge in [0.2, 0.25) is 0 Å². The molecule has 0 rings (SSSR count). The Kier molecular flexibility index (Phi) is 5.30. The zero-order chi connectivity index (χ0) is 12.0. The maximum absolute atomic E-state index is 11.1. The molecule has 0 aliphatic carbocycles. The first-order valence-corrected chi connectivity index (χ1v) is 4.51. The van der Waals surface area contributed by atoms with Crippen molar-refractivity contribution in [3.8, 4) is 0 Å². The molecule has 0 fully saturated rings. The summed E-state index contributed by atoms with van der Waals surface area (Å²) >= 11 is 0. The van der Waals surface area contributed by atoms with E-state index in [-0.39, 0.29) is 23.5 Å². The van der Waals surface area contributed by atoms with E-state index in [2.05, 4.69) is 0 Å². The molecule has 0 heterocycles. The van der Waals surface area contributed by atoms with Crippen molar-refractivity contribution >= 4 is 17.7 Å². The summed E-state index contributed by atoms with van der Waals surface area (Å²) in [7, 11) is 0. The third-order valence-corrected chi connectivity index (χ3v) is 1.69. The predicted molar refractivity (Wildman–Crippen MR) is 52.0 cm³/mol. The van der Waals surface area contributed by atoms with Crippen LogP contribution in [0.25, 0.3) is 0 Å². The summed E-state index contributed by atoms with van der Waals surface area (Å²) in [5.74, 6) is -2.08. The number of esters is 1. The topological polar surface area (TPSA) is 80.7 Å². The molecule has 0 bridgehead atoms. The van der Waals surface area contributed by atoms with Crippen molar-refractivity contribution < 1.29 is 24.2 Å². The largest absolute Gasteiger partial charge is 0.478 e. The lowest BCUT2D eigenvalue weighted by Gasteiger charge is -2.07. The number of hydrogen-bond acceptors (Lipinski definition) is 4. The van der Waals surface area contributed by atoms with E-state index in [0.717, 1.165) is 0 Å². The first kappa shape index (κ1) is 13.4. The molecule has 0 spiro atoms. The van der Waals surface area contributed by atoms with Gasteiger partial charge in [-0.05, 0) is 13.8 Å². The number of hydrogen-bond donors (Lipinski definition) is 1. The van der Waals surface area contributed by atoms with Crippen molar-refractivity contribution in [1.82, 2.24) is 0 Å². The number of allylic oxidation sites excluding steroid dienone is 1. The maximum Gasteiger partial charge on any atom is 0.334 e. The summed E-state index contributed by atoms with van der Waals surface area (Å²) in [4.78, 5) is 32.3. The zero-order valence-corrected chi connectivity index (χ0v) is 8.99. The Morgan fingerprint density at radius 3 is 2.07 bits per heavy atom. The summed E-state index contributed by atoms with van der Waals surface area (Å²) < 4.78 is 4.77. The van der Waals surface area contributed by atoms with Gasteiger partial charge in [-0.1, -0.05) is 6.92 Å². The summed E-state index contributed by atoms with van der Waals surface area (Å²) in [5.41, 5.74) is -0.0191. The van der Waals surface area contributed by atoms with E-state index in [1.165, 1.54) is 13.8 Å². The van der Waals surface area contributed by atoms with E-state index in [0.29, 0.717) is 6.42 Å². The Bertz CT molecular complexity index is 314. The van der Waals surface area contributed by atoms with Crippen LogP contribution in [0.5, 0.6) is 0 Å². The summed E-state index contributed by atoms with van der Waals surface area (Å²) in [5, 5.41) is 8.66. The van der Waals surface area contributed by atoms with Crippen molar-refractivity contribution in [2.75, 3.05) is 0 Å². The average Bonchev–Trinajstić information content (AvgIpc) is 2.11. The third-order valence-electron chi connectivity index (χ3n) is 1.69. The summed E-state index contributed by atoms with van der Waals surface area (Å²) in [6.45, 7) is 4.28. The number of carboxylic acids is 1. The molecule has 1 N–H and O–H groups in total. The molecule has 0 aromatic rings. The Labute approximate surface area is 87.7 Å². The molecule has 0 unspecified atom stereocenters. The second-order valence-corrected chi connectivity index (χ2v) is 3.06. The number of Topliss-reactive ketones (excluding diaryl/α,β-unsaturated/α-hetero) is 1. The van der Waals surface area contributed by atoms with Crippen LogP contribution < -0.4 is 0 Å². The summed E-state index contributed by atoms with van der Waals surface area (Å²) in [6.07, 6.45) is -0.0435. The van der Waals surface area contributed by atoms with Crippen LogP contribution in [0.4, 0.5) is 0 Å². The minimum Gasteiger partial charge on any atom is -0.478 e. The quantitative estimate of drug-likeness (QED) is 0.322. The first-order chi connectivity index (χ1) is 6.88. The molecule has 5 heteroatoms. The van der Waals surface area contributed by atoms with E-state index >= 15 is 0 Å². The number of carbonyl (C=O) groups is 3. The van der Waals surface area contributed by atoms with Gasteiger partial charge in [0.1, 0.15) is 18.0 Å². The highest BCUT2D eigenvalue weighted by Gasteiger charge is 2.14. The summed E-state index contributed by atoms with van der Waals surface area (Å²) in [6, 6.07) is 0. The monoisotopic (exact) mass is 214 g/mol. The average molecular weight is 214 g/mol. The van der Waals surface area contributed by atoms with Crippen LogP contribution in [0, 0.1) is 0 Å². The van der Waals surface area contributed by atoms with E-state index in [1.54, 1.807) is 6.92 Å². The van der Waals surface area contributed by atoms with Gasteiger partial charge in [-0.2, -0.15) is 0 Å². The van der Waals surface area contributed by atoms with Crippen LogP contribution in [0.3, 0.4) is 0 Å². The van der Waals surface area contributed by atoms with Crippen LogP contribution in [-0.4, -0.2) is 22.8 Å². The first-order valence-electron chi connectivity index (χ1n) is 4.51. The Hall–Kier alpha value is -1.65. The third kappa shape index (κ3) is 4.95. The predicted octanol–water partition coefficient (Wildman–Crippen LogP) is 1.28. The van der Waals surface area contributed by atoms with E-state index in [1.807, 2.05) is 0 Å². The fourth-order valence-electron chi connectivity index (χ4n) is 0.910. The number of ether oxygens (including phenoxy) is 1. The SMILES string of the molecule is CC/C(OC(=O)CC(C)=O)=C(\C)C(=O)O. The van der Waals surface area contributed by atoms with Gasteiger partial charge < -0.3 is 9.84 Å². The highest BCUT2D eigenvalue weighted by molar-refractivity contribution is 5.95. The van der Waals surface area contributed by atoms with Gasteiger partial charge in [0.05, 0.1) is 5.57 Å². The second-order valence-electron chi connectivity index (χ2n) is 3.06. The van der Waals surface area contributed by atoms with Crippen molar-refractivity contribution in [3.05, 3.63) is 11.3 Å². The number of ketones is 1. The molecule has 0 atom stereocenters. The molecule has 84 valence electrons. The van der Waals surface area contributed by atoms with Crippen molar-refractivity contribution in [3.63, 3.8) is 0 Å². The lowest BCUT2D eigenvalue weighted by atomic mass is 10.2. The Balaban J connectivity index is 4.60. The lowest BCUT2D eigenvalue weighted by molar-refractivity contribution is -0.142. The highest BCUT2D eigenvalue weighted by Crippen LogP contribution is 2.11. The van der Waals surface area contributed by atoms with Crippen LogP contribution in [0.1, 0.15) is 33.6 Å². The lowest BCUT2D eigenvalue weighted by Crippen LogP contribution is -2.11. The number of carboxylic acid groups (broad SMARTS) is 1. The van der Waals surface area contributed by atoms with Gasteiger partial charge in [-0.3, -0.25) is 9.59 Å². The molecular weight excluding hydrogens is 200 g/mol. The van der Waals surface area contributed by atoms with Crippen LogP contribution in [-0.2, 0) is 19.1 Å². The second kappa shape index (κ2) is 5.95. The number of aliphatic carboxylic acids is 1. The highest BCUT2D eigenvalue weighted by atomic mass is 16.5. The molecule has 0 saturated carbocycles. The van der Waals surface area contributed by atoms with Gasteiger partial charge >= 0.3 is 11.9 Å². The molecular formula is C10H14O5. The van der Waals surface area contributed by atoms with Gasteiger partial charge in [-0.15, -0.1) is 0 Å². The minimum absolute atomic E-state index is 0.0191. The standard InChI is InChI=1S/C10H14O5/c1-4-8(7(3)10(13)14)15-9(12)5-6(2)11/h4-5H2,1-3H3,(H,13,14)/b8-7-. The minimum atomic E-state index is -1.14. The molecule has 0 radical (unpaired) electrons. The fraction of sp³-hybridized carbons (Fsp3) is 0.500. The molecule has 0 aliphatic rings. The van der Waals surface area contributed by atoms with Crippen LogP contribution >= 0.6 is 0 Å².